The molecule has 0 bridgehead atoms. The third-order valence-electron chi connectivity index (χ3n) is 2.32. The van der Waals surface area contributed by atoms with E-state index >= 15 is 0 Å². The number of nitrogens with zero attached hydrogens (tertiary/aromatic N) is 2. The van der Waals surface area contributed by atoms with Crippen LogP contribution in [0.5, 0.6) is 0 Å². The molecule has 0 fully saturated rings. The molecule has 0 spiro atoms. The predicted molar refractivity (Wildman–Crippen MR) is 73.9 cm³/mol. The second-order valence-corrected chi connectivity index (χ2v) is 5.40. The van der Waals surface area contributed by atoms with E-state index in [0.717, 1.165) is 15.1 Å². The minimum Gasteiger partial charge on any atom is -0.258 e. The molecule has 2 rings (SSSR count). The summed E-state index contributed by atoms with van der Waals surface area (Å²) < 4.78 is 0.869. The molecule has 2 aromatic rings. The monoisotopic (exact) mass is 324 g/mol. The van der Waals surface area contributed by atoms with Gasteiger partial charge in [0, 0.05) is 12.3 Å². The molecule has 0 saturated carbocycles. The molecule has 0 N–H and O–H groups in total. The average Bonchev–Trinajstić information content (AvgIpc) is 2.35. The number of aromatic nitrogens is 1. The lowest BCUT2D eigenvalue weighted by molar-refractivity contribution is -0.387. The maximum atomic E-state index is 10.9. The van der Waals surface area contributed by atoms with Gasteiger partial charge in [-0.3, -0.25) is 10.1 Å². The van der Waals surface area contributed by atoms with Crippen molar-refractivity contribution in [1.29, 1.82) is 0 Å². The Hall–Kier alpha value is -1.40. The fourth-order valence-electron chi connectivity index (χ4n) is 1.38. The van der Waals surface area contributed by atoms with Crippen molar-refractivity contribution in [2.75, 3.05) is 0 Å². The van der Waals surface area contributed by atoms with Crippen LogP contribution in [0.3, 0.4) is 0 Å². The van der Waals surface area contributed by atoms with Gasteiger partial charge in [-0.15, -0.1) is 0 Å². The summed E-state index contributed by atoms with van der Waals surface area (Å²) >= 11 is 4.73. The number of hydrogen-bond acceptors (Lipinski definition) is 4. The predicted octanol–water partition coefficient (Wildman–Crippen LogP) is 4.21. The molecular formula is C12H9BrN2O2S. The quantitative estimate of drug-likeness (QED) is 0.626. The summed E-state index contributed by atoms with van der Waals surface area (Å²) in [7, 11) is 0. The third-order valence-corrected chi connectivity index (χ3v) is 4.65. The van der Waals surface area contributed by atoms with Gasteiger partial charge in [0.1, 0.15) is 5.03 Å². The number of para-hydroxylation sites is 1. The lowest BCUT2D eigenvalue weighted by Crippen LogP contribution is -1.91. The Balaban J connectivity index is 2.40. The topological polar surface area (TPSA) is 56.0 Å². The maximum Gasteiger partial charge on any atom is 0.283 e. The summed E-state index contributed by atoms with van der Waals surface area (Å²) in [6.45, 7) is 1.95. The summed E-state index contributed by atoms with van der Waals surface area (Å²) in [5.74, 6) is 0. The largest absolute Gasteiger partial charge is 0.283 e. The van der Waals surface area contributed by atoms with Gasteiger partial charge >= 0.3 is 0 Å². The van der Waals surface area contributed by atoms with Crippen molar-refractivity contribution in [2.24, 2.45) is 0 Å². The molecule has 92 valence electrons. The van der Waals surface area contributed by atoms with Gasteiger partial charge in [0.15, 0.2) is 0 Å². The van der Waals surface area contributed by atoms with Gasteiger partial charge in [-0.2, -0.15) is 0 Å². The molecule has 0 radical (unpaired) electrons. The minimum atomic E-state index is -0.383. The molecule has 18 heavy (non-hydrogen) atoms. The van der Waals surface area contributed by atoms with Crippen LogP contribution in [0, 0.1) is 17.0 Å². The fourth-order valence-corrected chi connectivity index (χ4v) is 2.83. The van der Waals surface area contributed by atoms with E-state index in [1.54, 1.807) is 24.4 Å². The molecule has 0 amide bonds. The zero-order chi connectivity index (χ0) is 13.1. The highest BCUT2D eigenvalue weighted by Gasteiger charge is 2.15. The van der Waals surface area contributed by atoms with Crippen molar-refractivity contribution in [1.82, 2.24) is 4.98 Å². The van der Waals surface area contributed by atoms with Gasteiger partial charge in [-0.05, 0) is 40.5 Å². The van der Waals surface area contributed by atoms with E-state index < -0.39 is 0 Å². The molecular weight excluding hydrogens is 316 g/mol. The van der Waals surface area contributed by atoms with Crippen LogP contribution in [0.15, 0.2) is 50.9 Å². The third kappa shape index (κ3) is 2.70. The maximum absolute atomic E-state index is 10.9. The molecule has 1 aromatic heterocycles. The Labute approximate surface area is 117 Å². The number of hydrogen-bond donors (Lipinski definition) is 0. The Morgan fingerprint density at radius 2 is 2.06 bits per heavy atom. The van der Waals surface area contributed by atoms with Gasteiger partial charge in [0.2, 0.25) is 0 Å². The van der Waals surface area contributed by atoms with Crippen LogP contribution in [0.25, 0.3) is 0 Å². The fraction of sp³-hybridized carbons (Fsp3) is 0.0833. The highest BCUT2D eigenvalue weighted by molar-refractivity contribution is 9.10. The van der Waals surface area contributed by atoms with Gasteiger partial charge in [0.25, 0.3) is 5.69 Å². The minimum absolute atomic E-state index is 0.0951. The van der Waals surface area contributed by atoms with E-state index in [9.17, 15) is 10.1 Å². The highest BCUT2D eigenvalue weighted by atomic mass is 79.9. The summed E-state index contributed by atoms with van der Waals surface area (Å²) in [5.41, 5.74) is 1.14. The number of nitro benzene ring substituents is 1. The van der Waals surface area contributed by atoms with Crippen LogP contribution in [0.2, 0.25) is 0 Å². The van der Waals surface area contributed by atoms with E-state index in [2.05, 4.69) is 20.9 Å². The first-order valence-corrected chi connectivity index (χ1v) is 6.73. The molecule has 0 atom stereocenters. The van der Waals surface area contributed by atoms with Crippen LogP contribution in [0.1, 0.15) is 5.56 Å². The van der Waals surface area contributed by atoms with E-state index in [-0.39, 0.29) is 10.6 Å². The molecule has 4 nitrogen and oxygen atoms in total. The normalized spacial score (nSPS) is 10.3. The number of pyridine rings is 1. The molecule has 1 heterocycles. The van der Waals surface area contributed by atoms with Crippen molar-refractivity contribution < 1.29 is 4.92 Å². The second-order valence-electron chi connectivity index (χ2n) is 3.57. The van der Waals surface area contributed by atoms with E-state index in [0.29, 0.717) is 4.90 Å². The van der Waals surface area contributed by atoms with E-state index in [1.165, 1.54) is 17.8 Å². The van der Waals surface area contributed by atoms with Crippen molar-refractivity contribution in [3.63, 3.8) is 0 Å². The van der Waals surface area contributed by atoms with Gasteiger partial charge in [-0.1, -0.05) is 23.9 Å². The molecule has 6 heteroatoms. The van der Waals surface area contributed by atoms with Crippen molar-refractivity contribution in [3.05, 3.63) is 56.7 Å². The van der Waals surface area contributed by atoms with Crippen molar-refractivity contribution in [3.8, 4) is 0 Å². The van der Waals surface area contributed by atoms with Crippen LogP contribution >= 0.6 is 27.7 Å². The Morgan fingerprint density at radius 3 is 2.78 bits per heavy atom. The van der Waals surface area contributed by atoms with Gasteiger partial charge < -0.3 is 0 Å². The zero-order valence-corrected chi connectivity index (χ0v) is 11.9. The van der Waals surface area contributed by atoms with Crippen LogP contribution in [-0.2, 0) is 0 Å². The molecule has 0 unspecified atom stereocenters. The van der Waals surface area contributed by atoms with Gasteiger partial charge in [0.05, 0.1) is 14.3 Å². The molecule has 0 aliphatic carbocycles. The Kier molecular flexibility index (Phi) is 3.98. The number of nitro groups is 1. The first-order chi connectivity index (χ1) is 8.59. The van der Waals surface area contributed by atoms with Crippen LogP contribution in [-0.4, -0.2) is 9.91 Å². The first kappa shape index (κ1) is 13.0. The summed E-state index contributed by atoms with van der Waals surface area (Å²) in [5, 5.41) is 11.7. The van der Waals surface area contributed by atoms with Crippen molar-refractivity contribution >= 4 is 33.4 Å². The molecule has 0 saturated heterocycles. The standard InChI is InChI=1S/C12H9BrN2O2S/c1-8-6-7-14-12(11(8)13)18-10-5-3-2-4-9(10)15(16)17/h2-7H,1H3. The number of halogens is 1. The van der Waals surface area contributed by atoms with Gasteiger partial charge in [-0.25, -0.2) is 4.98 Å². The number of aryl methyl sites for hydroxylation is 1. The molecule has 0 aliphatic rings. The highest BCUT2D eigenvalue weighted by Crippen LogP contribution is 2.37. The van der Waals surface area contributed by atoms with Crippen LogP contribution < -0.4 is 0 Å². The zero-order valence-electron chi connectivity index (χ0n) is 9.46. The number of benzene rings is 1. The lowest BCUT2D eigenvalue weighted by Gasteiger charge is -2.05. The Morgan fingerprint density at radius 1 is 1.33 bits per heavy atom. The SMILES string of the molecule is Cc1ccnc(Sc2ccccc2[N+](=O)[O-])c1Br. The first-order valence-electron chi connectivity index (χ1n) is 5.12. The van der Waals surface area contributed by atoms with Crippen molar-refractivity contribution in [2.45, 2.75) is 16.8 Å². The Bertz CT molecular complexity index is 604. The average molecular weight is 325 g/mol. The summed E-state index contributed by atoms with van der Waals surface area (Å²) in [6, 6.07) is 8.53. The van der Waals surface area contributed by atoms with Crippen LogP contribution in [0.4, 0.5) is 5.69 Å². The smallest absolute Gasteiger partial charge is 0.258 e. The lowest BCUT2D eigenvalue weighted by atomic mass is 10.3. The van der Waals surface area contributed by atoms with E-state index in [4.69, 9.17) is 0 Å². The molecule has 1 aromatic carbocycles. The number of rotatable bonds is 3. The molecule has 0 aliphatic heterocycles. The summed E-state index contributed by atoms with van der Waals surface area (Å²) in [6.07, 6.45) is 1.69. The van der Waals surface area contributed by atoms with E-state index in [1.807, 2.05) is 13.0 Å². The second kappa shape index (κ2) is 5.49. The summed E-state index contributed by atoms with van der Waals surface area (Å²) in [4.78, 5) is 15.4.